The van der Waals surface area contributed by atoms with Crippen molar-refractivity contribution in [3.63, 3.8) is 0 Å². The van der Waals surface area contributed by atoms with Crippen LogP contribution in [0, 0.1) is 0 Å². The Bertz CT molecular complexity index is 1010. The summed E-state index contributed by atoms with van der Waals surface area (Å²) in [6.07, 6.45) is 0. The Kier molecular flexibility index (Phi) is 4.80. The first-order valence-electron chi connectivity index (χ1n) is 7.45. The van der Waals surface area contributed by atoms with Crippen molar-refractivity contribution in [2.45, 2.75) is 0 Å². The number of para-hydroxylation sites is 2. The number of carbonyl (C=O) groups is 2. The Labute approximate surface area is 147 Å². The molecule has 0 fully saturated rings. The van der Waals surface area contributed by atoms with Crippen LogP contribution in [0.25, 0.3) is 10.2 Å². The van der Waals surface area contributed by atoms with Crippen molar-refractivity contribution in [1.29, 1.82) is 0 Å². The average molecular weight is 356 g/mol. The summed E-state index contributed by atoms with van der Waals surface area (Å²) in [5, 5.41) is 4.19. The lowest BCUT2D eigenvalue weighted by atomic mass is 10.2. The number of nitrogens with one attached hydrogen (secondary N) is 1. The highest BCUT2D eigenvalue weighted by Crippen LogP contribution is 2.18. The number of hydrogen-bond donors (Lipinski definition) is 2. The molecule has 1 aromatic heterocycles. The molecule has 128 valence electrons. The molecule has 0 saturated carbocycles. The van der Waals surface area contributed by atoms with Crippen LogP contribution in [0.2, 0.25) is 0 Å². The molecule has 7 nitrogen and oxygen atoms in total. The van der Waals surface area contributed by atoms with Gasteiger partial charge in [-0.3, -0.25) is 9.59 Å². The van der Waals surface area contributed by atoms with Crippen LogP contribution in [0.3, 0.4) is 0 Å². The van der Waals surface area contributed by atoms with Crippen molar-refractivity contribution in [3.05, 3.63) is 58.9 Å². The summed E-state index contributed by atoms with van der Waals surface area (Å²) in [7, 11) is 1.88. The van der Waals surface area contributed by atoms with Crippen molar-refractivity contribution < 1.29 is 14.3 Å². The second-order valence-corrected chi connectivity index (χ2v) is 6.22. The van der Waals surface area contributed by atoms with E-state index in [9.17, 15) is 9.59 Å². The monoisotopic (exact) mass is 356 g/mol. The van der Waals surface area contributed by atoms with Crippen LogP contribution in [-0.4, -0.2) is 23.0 Å². The highest BCUT2D eigenvalue weighted by molar-refractivity contribution is 7.16. The Morgan fingerprint density at radius 1 is 1.20 bits per heavy atom. The van der Waals surface area contributed by atoms with Gasteiger partial charge in [0.25, 0.3) is 11.8 Å². The third kappa shape index (κ3) is 3.69. The van der Waals surface area contributed by atoms with Gasteiger partial charge in [0.1, 0.15) is 5.75 Å². The van der Waals surface area contributed by atoms with Crippen molar-refractivity contribution in [2.75, 3.05) is 6.61 Å². The average Bonchev–Trinajstić information content (AvgIpc) is 2.94. The molecule has 3 rings (SSSR count). The lowest BCUT2D eigenvalue weighted by Gasteiger charge is -2.08. The van der Waals surface area contributed by atoms with Gasteiger partial charge in [-0.05, 0) is 24.3 Å². The van der Waals surface area contributed by atoms with E-state index in [4.69, 9.17) is 10.5 Å². The summed E-state index contributed by atoms with van der Waals surface area (Å²) < 4.78 is 8.23. The van der Waals surface area contributed by atoms with Crippen LogP contribution >= 0.6 is 11.3 Å². The minimum Gasteiger partial charge on any atom is -0.483 e. The minimum absolute atomic E-state index is 0.273. The summed E-state index contributed by atoms with van der Waals surface area (Å²) in [5.41, 5.74) is 8.90. The fourth-order valence-corrected chi connectivity index (χ4v) is 3.26. The molecule has 0 aliphatic heterocycles. The maximum atomic E-state index is 12.4. The highest BCUT2D eigenvalue weighted by atomic mass is 32.1. The lowest BCUT2D eigenvalue weighted by Crippen LogP contribution is -2.25. The summed E-state index contributed by atoms with van der Waals surface area (Å²) in [5.74, 6) is -0.774. The third-order valence-electron chi connectivity index (χ3n) is 3.47. The van der Waals surface area contributed by atoms with Crippen LogP contribution in [0.15, 0.2) is 53.6 Å². The van der Waals surface area contributed by atoms with E-state index in [1.165, 1.54) is 11.3 Å². The molecule has 3 N–H and O–H groups in total. The molecule has 0 saturated heterocycles. The molecule has 0 aliphatic rings. The topological polar surface area (TPSA) is 98.7 Å². The molecular formula is C17H16N4O3S. The molecule has 25 heavy (non-hydrogen) atoms. The molecule has 0 radical (unpaired) electrons. The van der Waals surface area contributed by atoms with Gasteiger partial charge >= 0.3 is 0 Å². The molecule has 2 amide bonds. The predicted octanol–water partition coefficient (Wildman–Crippen LogP) is 1.35. The van der Waals surface area contributed by atoms with E-state index >= 15 is 0 Å². The van der Waals surface area contributed by atoms with Gasteiger partial charge in [-0.2, -0.15) is 0 Å². The Balaban J connectivity index is 1.85. The number of ether oxygens (including phenoxy) is 1. The van der Waals surface area contributed by atoms with Gasteiger partial charge in [0, 0.05) is 7.05 Å². The van der Waals surface area contributed by atoms with E-state index < -0.39 is 11.8 Å². The first kappa shape index (κ1) is 16.7. The number of carbonyl (C=O) groups excluding carboxylic acids is 2. The summed E-state index contributed by atoms with van der Waals surface area (Å²) >= 11 is 1.47. The Morgan fingerprint density at radius 3 is 2.68 bits per heavy atom. The number of rotatable bonds is 5. The number of fused-ring (bicyclic) bond motifs is 1. The van der Waals surface area contributed by atoms with E-state index in [1.807, 2.05) is 35.9 Å². The zero-order chi connectivity index (χ0) is 17.8. The summed E-state index contributed by atoms with van der Waals surface area (Å²) in [6, 6.07) is 14.5. The van der Waals surface area contributed by atoms with E-state index in [-0.39, 0.29) is 17.9 Å². The smallest absolute Gasteiger partial charge is 0.275 e. The van der Waals surface area contributed by atoms with Crippen molar-refractivity contribution in [2.24, 2.45) is 17.9 Å². The standard InChI is InChI=1S/C17H16N4O3S/c1-21-12-7-3-5-9-14(12)25-17(21)20-19-16(23)11-6-2-4-8-13(11)24-10-15(18)22/h2-9H,10H2,1H3,(H2,18,22)(H,19,23)/b20-17-. The van der Waals surface area contributed by atoms with E-state index in [1.54, 1.807) is 24.3 Å². The third-order valence-corrected chi connectivity index (χ3v) is 4.58. The van der Waals surface area contributed by atoms with Gasteiger partial charge in [-0.1, -0.05) is 35.6 Å². The summed E-state index contributed by atoms with van der Waals surface area (Å²) in [4.78, 5) is 23.9. The van der Waals surface area contributed by atoms with Crippen molar-refractivity contribution >= 4 is 33.4 Å². The fourth-order valence-electron chi connectivity index (χ4n) is 2.28. The van der Waals surface area contributed by atoms with Crippen LogP contribution in [0.1, 0.15) is 10.4 Å². The molecule has 0 bridgehead atoms. The number of primary amides is 1. The molecule has 0 atom stereocenters. The molecule has 0 spiro atoms. The Morgan fingerprint density at radius 2 is 1.92 bits per heavy atom. The zero-order valence-electron chi connectivity index (χ0n) is 13.4. The molecule has 3 aromatic rings. The molecule has 2 aromatic carbocycles. The second kappa shape index (κ2) is 7.18. The number of nitrogens with zero attached hydrogens (tertiary/aromatic N) is 2. The predicted molar refractivity (Wildman–Crippen MR) is 95.0 cm³/mol. The number of thiazole rings is 1. The first-order valence-corrected chi connectivity index (χ1v) is 8.26. The highest BCUT2D eigenvalue weighted by Gasteiger charge is 2.12. The number of aryl methyl sites for hydroxylation is 1. The maximum absolute atomic E-state index is 12.4. The van der Waals surface area contributed by atoms with Crippen molar-refractivity contribution in [3.8, 4) is 5.75 Å². The van der Waals surface area contributed by atoms with Gasteiger partial charge in [-0.25, -0.2) is 5.43 Å². The largest absolute Gasteiger partial charge is 0.483 e. The number of benzene rings is 2. The molecule has 1 heterocycles. The number of nitrogens with two attached hydrogens (primary N) is 1. The van der Waals surface area contributed by atoms with E-state index in [0.717, 1.165) is 10.2 Å². The molecule has 0 aliphatic carbocycles. The van der Waals surface area contributed by atoms with Gasteiger partial charge in [0.15, 0.2) is 6.61 Å². The molecular weight excluding hydrogens is 340 g/mol. The van der Waals surface area contributed by atoms with E-state index in [0.29, 0.717) is 4.80 Å². The van der Waals surface area contributed by atoms with Crippen molar-refractivity contribution in [1.82, 2.24) is 9.99 Å². The van der Waals surface area contributed by atoms with Crippen LogP contribution in [-0.2, 0) is 11.8 Å². The molecule has 0 unspecified atom stereocenters. The van der Waals surface area contributed by atoms with Gasteiger partial charge < -0.3 is 15.0 Å². The number of hydrogen-bond acceptors (Lipinski definition) is 5. The molecule has 8 heteroatoms. The SMILES string of the molecule is Cn1/c(=N/NC(=O)c2ccccc2OCC(N)=O)sc2ccccc21. The summed E-state index contributed by atoms with van der Waals surface area (Å²) in [6.45, 7) is -0.299. The number of amides is 2. The quantitative estimate of drug-likeness (QED) is 0.675. The van der Waals surface area contributed by atoms with Crippen LogP contribution in [0.4, 0.5) is 0 Å². The van der Waals surface area contributed by atoms with Gasteiger partial charge in [0.2, 0.25) is 4.80 Å². The van der Waals surface area contributed by atoms with Gasteiger partial charge in [0.05, 0.1) is 15.8 Å². The first-order chi connectivity index (χ1) is 12.1. The van der Waals surface area contributed by atoms with E-state index in [2.05, 4.69) is 10.5 Å². The Hall–Kier alpha value is -3.13. The lowest BCUT2D eigenvalue weighted by molar-refractivity contribution is -0.119. The zero-order valence-corrected chi connectivity index (χ0v) is 14.2. The maximum Gasteiger partial charge on any atom is 0.275 e. The minimum atomic E-state index is -0.614. The van der Waals surface area contributed by atoms with Crippen LogP contribution in [0.5, 0.6) is 5.75 Å². The fraction of sp³-hybridized carbons (Fsp3) is 0.118. The second-order valence-electron chi connectivity index (χ2n) is 5.22. The normalized spacial score (nSPS) is 11.5. The van der Waals surface area contributed by atoms with Crippen LogP contribution < -0.4 is 20.7 Å². The number of aromatic nitrogens is 1. The van der Waals surface area contributed by atoms with Gasteiger partial charge in [-0.15, -0.1) is 5.10 Å².